The van der Waals surface area contributed by atoms with Crippen molar-refractivity contribution in [2.45, 2.75) is 63.8 Å². The summed E-state index contributed by atoms with van der Waals surface area (Å²) < 4.78 is 10.2. The topological polar surface area (TPSA) is 135 Å². The van der Waals surface area contributed by atoms with Gasteiger partial charge in [-0.15, -0.1) is 0 Å². The molecule has 10 heteroatoms. The van der Waals surface area contributed by atoms with Crippen LogP contribution in [0.2, 0.25) is 0 Å². The molecule has 1 aliphatic rings. The number of rotatable bonds is 9. The average molecular weight is 458 g/mol. The highest BCUT2D eigenvalue weighted by Crippen LogP contribution is 2.34. The number of aromatic nitrogens is 2. The summed E-state index contributed by atoms with van der Waals surface area (Å²) in [7, 11) is 1.45. The lowest BCUT2D eigenvalue weighted by molar-refractivity contribution is -0.121. The van der Waals surface area contributed by atoms with Gasteiger partial charge in [-0.2, -0.15) is 4.98 Å². The van der Waals surface area contributed by atoms with Gasteiger partial charge in [0.05, 0.1) is 0 Å². The fraction of sp³-hybridized carbons (Fsp3) is 0.522. The smallest absolute Gasteiger partial charge is 0.250 e. The van der Waals surface area contributed by atoms with E-state index in [0.29, 0.717) is 29.5 Å². The molecule has 0 bridgehead atoms. The van der Waals surface area contributed by atoms with E-state index in [9.17, 15) is 14.4 Å². The molecule has 0 aliphatic heterocycles. The van der Waals surface area contributed by atoms with E-state index in [1.165, 1.54) is 14.0 Å². The van der Waals surface area contributed by atoms with Crippen molar-refractivity contribution in [2.75, 3.05) is 24.4 Å². The van der Waals surface area contributed by atoms with Crippen molar-refractivity contribution in [1.82, 2.24) is 15.5 Å². The van der Waals surface area contributed by atoms with Gasteiger partial charge in [-0.1, -0.05) is 30.8 Å². The zero-order valence-corrected chi connectivity index (χ0v) is 19.1. The van der Waals surface area contributed by atoms with Gasteiger partial charge >= 0.3 is 0 Å². The predicted octanol–water partition coefficient (Wildman–Crippen LogP) is 2.91. The third-order valence-corrected chi connectivity index (χ3v) is 5.56. The molecule has 178 valence electrons. The van der Waals surface area contributed by atoms with Crippen LogP contribution in [0.1, 0.15) is 63.6 Å². The summed E-state index contributed by atoms with van der Waals surface area (Å²) in [4.78, 5) is 40.2. The molecule has 1 aliphatic carbocycles. The Bertz CT molecular complexity index is 948. The number of nitrogens with zero attached hydrogens (tertiary/aromatic N) is 2. The highest BCUT2D eigenvalue weighted by Gasteiger charge is 2.38. The molecule has 1 heterocycles. The number of hydrogen-bond donors (Lipinski definition) is 3. The number of anilines is 2. The first-order valence-electron chi connectivity index (χ1n) is 11.2. The summed E-state index contributed by atoms with van der Waals surface area (Å²) in [5.41, 5.74) is 0.617. The Labute approximate surface area is 192 Å². The second kappa shape index (κ2) is 11.6. The average Bonchev–Trinajstić information content (AvgIpc) is 3.14. The Kier molecular flexibility index (Phi) is 8.53. The van der Waals surface area contributed by atoms with Crippen LogP contribution in [0.15, 0.2) is 28.8 Å². The number of methoxy groups -OCH3 is 1. The standard InChI is InChI=1S/C23H31N5O5/c1-16(29)27-23(13-5-3-4-6-14-23)22-26-21(33-28-22)12-11-19(30)24-17-7-9-18(10-8-17)25-20(31)15-32-2/h7-10H,3-6,11-15H2,1-2H3,(H,24,30)(H,25,31)(H,27,29). The molecule has 0 unspecified atom stereocenters. The first kappa shape index (κ1) is 24.4. The van der Waals surface area contributed by atoms with Crippen molar-refractivity contribution in [3.8, 4) is 0 Å². The van der Waals surface area contributed by atoms with E-state index < -0.39 is 5.54 Å². The van der Waals surface area contributed by atoms with E-state index in [0.717, 1.165) is 38.5 Å². The van der Waals surface area contributed by atoms with Crippen molar-refractivity contribution >= 4 is 29.1 Å². The first-order chi connectivity index (χ1) is 15.9. The van der Waals surface area contributed by atoms with Gasteiger partial charge in [-0.3, -0.25) is 14.4 Å². The Morgan fingerprint density at radius 3 is 2.18 bits per heavy atom. The third-order valence-electron chi connectivity index (χ3n) is 5.56. The van der Waals surface area contributed by atoms with Crippen LogP contribution in [0, 0.1) is 0 Å². The number of ether oxygens (including phenoxy) is 1. The van der Waals surface area contributed by atoms with E-state index in [1.54, 1.807) is 24.3 Å². The number of benzene rings is 1. The lowest BCUT2D eigenvalue weighted by Crippen LogP contribution is -2.45. The summed E-state index contributed by atoms with van der Waals surface area (Å²) in [6, 6.07) is 6.80. The number of aryl methyl sites for hydroxylation is 1. The normalized spacial score (nSPS) is 15.3. The molecule has 1 aromatic carbocycles. The molecular weight excluding hydrogens is 426 g/mol. The van der Waals surface area contributed by atoms with Crippen LogP contribution in [-0.4, -0.2) is 41.6 Å². The predicted molar refractivity (Wildman–Crippen MR) is 121 cm³/mol. The summed E-state index contributed by atoms with van der Waals surface area (Å²) in [5.74, 6) is 0.285. The van der Waals surface area contributed by atoms with E-state index in [2.05, 4.69) is 26.1 Å². The van der Waals surface area contributed by atoms with Crippen LogP contribution in [0.4, 0.5) is 11.4 Å². The van der Waals surface area contributed by atoms with Gasteiger partial charge in [0, 0.05) is 38.2 Å². The lowest BCUT2D eigenvalue weighted by atomic mass is 9.89. The highest BCUT2D eigenvalue weighted by molar-refractivity contribution is 5.93. The highest BCUT2D eigenvalue weighted by atomic mass is 16.5. The second-order valence-electron chi connectivity index (χ2n) is 8.30. The zero-order chi connectivity index (χ0) is 23.7. The summed E-state index contributed by atoms with van der Waals surface area (Å²) in [6.45, 7) is 1.47. The molecule has 1 fully saturated rings. The maximum Gasteiger partial charge on any atom is 0.250 e. The van der Waals surface area contributed by atoms with Crippen molar-refractivity contribution < 1.29 is 23.6 Å². The minimum atomic E-state index is -0.604. The first-order valence-corrected chi connectivity index (χ1v) is 11.2. The van der Waals surface area contributed by atoms with Gasteiger partial charge < -0.3 is 25.2 Å². The van der Waals surface area contributed by atoms with Gasteiger partial charge in [0.15, 0.2) is 5.82 Å². The molecule has 3 N–H and O–H groups in total. The van der Waals surface area contributed by atoms with Gasteiger partial charge in [0.1, 0.15) is 12.1 Å². The maximum atomic E-state index is 12.4. The molecule has 33 heavy (non-hydrogen) atoms. The number of carbonyl (C=O) groups is 3. The summed E-state index contributed by atoms with van der Waals surface area (Å²) in [5, 5.41) is 12.7. The number of nitrogens with one attached hydrogen (secondary N) is 3. The van der Waals surface area contributed by atoms with Crippen LogP contribution in [0.25, 0.3) is 0 Å². The number of hydrogen-bond acceptors (Lipinski definition) is 7. The molecule has 0 atom stereocenters. The van der Waals surface area contributed by atoms with E-state index in [4.69, 9.17) is 9.26 Å². The molecular formula is C23H31N5O5. The Morgan fingerprint density at radius 2 is 1.61 bits per heavy atom. The van der Waals surface area contributed by atoms with Crippen LogP contribution >= 0.6 is 0 Å². The van der Waals surface area contributed by atoms with E-state index >= 15 is 0 Å². The minimum absolute atomic E-state index is 0.0260. The second-order valence-corrected chi connectivity index (χ2v) is 8.30. The molecule has 0 saturated heterocycles. The van der Waals surface area contributed by atoms with E-state index in [1.807, 2.05) is 0 Å². The minimum Gasteiger partial charge on any atom is -0.375 e. The van der Waals surface area contributed by atoms with Gasteiger partial charge in [-0.05, 0) is 37.1 Å². The lowest BCUT2D eigenvalue weighted by Gasteiger charge is -2.30. The van der Waals surface area contributed by atoms with Gasteiger partial charge in [-0.25, -0.2) is 0 Å². The largest absolute Gasteiger partial charge is 0.375 e. The van der Waals surface area contributed by atoms with Crippen LogP contribution < -0.4 is 16.0 Å². The summed E-state index contributed by atoms with van der Waals surface area (Å²) in [6.07, 6.45) is 6.21. The molecule has 0 radical (unpaired) electrons. The Hall–Kier alpha value is -3.27. The third kappa shape index (κ3) is 7.11. The molecule has 1 aromatic heterocycles. The molecule has 3 rings (SSSR count). The Morgan fingerprint density at radius 1 is 1.00 bits per heavy atom. The maximum absolute atomic E-state index is 12.4. The zero-order valence-electron chi connectivity index (χ0n) is 19.1. The number of carbonyl (C=O) groups excluding carboxylic acids is 3. The monoisotopic (exact) mass is 457 g/mol. The van der Waals surface area contributed by atoms with Crippen molar-refractivity contribution in [1.29, 1.82) is 0 Å². The fourth-order valence-electron chi connectivity index (χ4n) is 4.03. The molecule has 10 nitrogen and oxygen atoms in total. The van der Waals surface area contributed by atoms with Gasteiger partial charge in [0.2, 0.25) is 23.6 Å². The number of amides is 3. The van der Waals surface area contributed by atoms with Crippen LogP contribution in [-0.2, 0) is 31.1 Å². The quantitative estimate of drug-likeness (QED) is 0.493. The Balaban J connectivity index is 1.54. The SMILES string of the molecule is COCC(=O)Nc1ccc(NC(=O)CCc2nc(C3(NC(C)=O)CCCCCC3)no2)cc1. The van der Waals surface area contributed by atoms with Crippen LogP contribution in [0.5, 0.6) is 0 Å². The van der Waals surface area contributed by atoms with E-state index in [-0.39, 0.29) is 30.7 Å². The molecule has 1 saturated carbocycles. The molecule has 2 aromatic rings. The van der Waals surface area contributed by atoms with Crippen LogP contribution in [0.3, 0.4) is 0 Å². The van der Waals surface area contributed by atoms with Crippen molar-refractivity contribution in [3.05, 3.63) is 36.0 Å². The van der Waals surface area contributed by atoms with Crippen molar-refractivity contribution in [3.63, 3.8) is 0 Å². The van der Waals surface area contributed by atoms with Crippen molar-refractivity contribution in [2.24, 2.45) is 0 Å². The summed E-state index contributed by atoms with van der Waals surface area (Å²) >= 11 is 0. The fourth-order valence-corrected chi connectivity index (χ4v) is 4.03. The molecule has 0 spiro atoms. The van der Waals surface area contributed by atoms with Gasteiger partial charge in [0.25, 0.3) is 0 Å². The molecule has 3 amide bonds.